The van der Waals surface area contributed by atoms with E-state index in [4.69, 9.17) is 0 Å². The van der Waals surface area contributed by atoms with Gasteiger partial charge < -0.3 is 0 Å². The summed E-state index contributed by atoms with van der Waals surface area (Å²) in [6, 6.07) is 0. The van der Waals surface area contributed by atoms with Crippen LogP contribution >= 0.6 is 0 Å². The summed E-state index contributed by atoms with van der Waals surface area (Å²) in [4.78, 5) is 0. The summed E-state index contributed by atoms with van der Waals surface area (Å²) in [5, 5.41) is 0. The number of allylic oxidation sites excluding steroid dienone is 12. The van der Waals surface area contributed by atoms with Gasteiger partial charge in [0.15, 0.2) is 0 Å². The van der Waals surface area contributed by atoms with Crippen molar-refractivity contribution in [1.29, 1.82) is 0 Å². The molecule has 0 aromatic carbocycles. The Balaban J connectivity index is -0.000000420. The van der Waals surface area contributed by atoms with Gasteiger partial charge in [-0.3, -0.25) is 0 Å². The third kappa shape index (κ3) is 77.7. The molecule has 0 nitrogen and oxygen atoms in total. The van der Waals surface area contributed by atoms with Gasteiger partial charge in [0, 0.05) is 0 Å². The largest absolute Gasteiger partial charge is 0.0885 e. The number of unbranched alkanes of at least 4 members (excludes halogenated alkanes) is 24. The Kier molecular flexibility index (Phi) is 58.3. The standard InChI is InChI=1S/C23H44.C20H40.C20H36.CH4/c1-5-6-7-8-9-10-11-12-13-14-15-16-17-18-19-20-21-22-23(2,3)4;2*1-5-6-7-8-9-10-11-12-13-14-15-16-17-18-19-20(2,3)4;/h12-13,15-16H,5-11,14,17-22H2,1-4H3;12-13H,5-11,14-19H2,1-4H3;6-7,9-10,12-13H,5,8,11,14-19H2,1-4H3;1H4/b13-12-,16-15-;13-12-;7-6-,10-9-,13-12-;. The van der Waals surface area contributed by atoms with Gasteiger partial charge in [0.05, 0.1) is 0 Å². The van der Waals surface area contributed by atoms with Crippen LogP contribution in [0.4, 0.5) is 0 Å². The van der Waals surface area contributed by atoms with Gasteiger partial charge in [0.1, 0.15) is 0 Å². The summed E-state index contributed by atoms with van der Waals surface area (Å²) < 4.78 is 0. The second-order valence-corrected chi connectivity index (χ2v) is 22.6. The van der Waals surface area contributed by atoms with Crippen LogP contribution in [-0.2, 0) is 0 Å². The molecule has 0 heteroatoms. The minimum atomic E-state index is 0. The normalized spacial score (nSPS) is 12.6. The Labute approximate surface area is 409 Å². The molecular formula is C64H124. The van der Waals surface area contributed by atoms with E-state index in [2.05, 4.69) is 156 Å². The molecule has 0 heterocycles. The van der Waals surface area contributed by atoms with Gasteiger partial charge in [0.25, 0.3) is 0 Å². The van der Waals surface area contributed by atoms with Crippen LogP contribution in [0.3, 0.4) is 0 Å². The van der Waals surface area contributed by atoms with Crippen molar-refractivity contribution in [3.8, 4) is 0 Å². The van der Waals surface area contributed by atoms with E-state index in [9.17, 15) is 0 Å². The molecular weight excluding hydrogens is 769 g/mol. The van der Waals surface area contributed by atoms with Crippen molar-refractivity contribution in [1.82, 2.24) is 0 Å². The maximum Gasteiger partial charge on any atom is -0.0169 e. The molecule has 380 valence electrons. The van der Waals surface area contributed by atoms with Crippen LogP contribution in [0, 0.1) is 16.2 Å². The topological polar surface area (TPSA) is 0 Å². The molecule has 0 aromatic heterocycles. The summed E-state index contributed by atoms with van der Waals surface area (Å²) in [6.07, 6.45) is 76.4. The highest BCUT2D eigenvalue weighted by atomic mass is 14.2. The highest BCUT2D eigenvalue weighted by Crippen LogP contribution is 2.24. The molecule has 64 heavy (non-hydrogen) atoms. The van der Waals surface area contributed by atoms with E-state index >= 15 is 0 Å². The van der Waals surface area contributed by atoms with Crippen LogP contribution in [0.2, 0.25) is 0 Å². The average molecular weight is 894 g/mol. The fourth-order valence-electron chi connectivity index (χ4n) is 7.47. The molecule has 0 saturated carbocycles. The van der Waals surface area contributed by atoms with Crippen molar-refractivity contribution in [2.45, 2.75) is 322 Å². The summed E-state index contributed by atoms with van der Waals surface area (Å²) in [7, 11) is 0. The van der Waals surface area contributed by atoms with Crippen molar-refractivity contribution in [3.05, 3.63) is 72.9 Å². The highest BCUT2D eigenvalue weighted by molar-refractivity contribution is 4.97. The van der Waals surface area contributed by atoms with Gasteiger partial charge in [-0.25, -0.2) is 0 Å². The molecule has 0 saturated heterocycles. The van der Waals surface area contributed by atoms with Crippen LogP contribution in [-0.4, -0.2) is 0 Å². The first-order chi connectivity index (χ1) is 30.2. The zero-order valence-corrected chi connectivity index (χ0v) is 45.9. The molecule has 0 aliphatic rings. The fraction of sp³-hybridized carbons (Fsp3) is 0.812. The van der Waals surface area contributed by atoms with Gasteiger partial charge in [-0.2, -0.15) is 0 Å². The monoisotopic (exact) mass is 893 g/mol. The van der Waals surface area contributed by atoms with E-state index in [1.54, 1.807) is 0 Å². The maximum absolute atomic E-state index is 2.41. The smallest absolute Gasteiger partial charge is 0.0169 e. The molecule has 0 rings (SSSR count). The number of hydrogen-bond donors (Lipinski definition) is 0. The molecule has 0 aliphatic carbocycles. The fourth-order valence-corrected chi connectivity index (χ4v) is 7.47. The SMILES string of the molecule is C.CC/C=C\C/C=C\C/C=C\CCCCCCC(C)(C)C.CCCCCCCC/C=C\C/C=C\CCCCCCC(C)(C)C.CCCCCCCC/C=C\CCCCCCC(C)(C)C. The third-order valence-corrected chi connectivity index (χ3v) is 11.6. The molecule has 0 atom stereocenters. The Morgan fingerprint density at radius 1 is 0.234 bits per heavy atom. The molecule has 0 bridgehead atoms. The molecule has 0 aliphatic heterocycles. The summed E-state index contributed by atoms with van der Waals surface area (Å²) in [5.74, 6) is 0. The van der Waals surface area contributed by atoms with Gasteiger partial charge >= 0.3 is 0 Å². The van der Waals surface area contributed by atoms with E-state index in [1.807, 2.05) is 0 Å². The second kappa shape index (κ2) is 54.0. The van der Waals surface area contributed by atoms with Crippen molar-refractivity contribution < 1.29 is 0 Å². The van der Waals surface area contributed by atoms with Crippen molar-refractivity contribution in [3.63, 3.8) is 0 Å². The number of hydrogen-bond acceptors (Lipinski definition) is 0. The van der Waals surface area contributed by atoms with E-state index in [1.165, 1.54) is 205 Å². The van der Waals surface area contributed by atoms with Gasteiger partial charge in [-0.15, -0.1) is 0 Å². The predicted octanol–water partition coefficient (Wildman–Crippen LogP) is 24.2. The lowest BCUT2D eigenvalue weighted by atomic mass is 9.89. The number of rotatable bonds is 39. The average Bonchev–Trinajstić information content (AvgIpc) is 3.21. The Morgan fingerprint density at radius 2 is 0.438 bits per heavy atom. The first-order valence-corrected chi connectivity index (χ1v) is 28.1. The lowest BCUT2D eigenvalue weighted by Gasteiger charge is -2.17. The summed E-state index contributed by atoms with van der Waals surface area (Å²) in [5.41, 5.74) is 1.55. The minimum Gasteiger partial charge on any atom is -0.0885 e. The molecule has 0 radical (unpaired) electrons. The van der Waals surface area contributed by atoms with Crippen molar-refractivity contribution in [2.24, 2.45) is 16.2 Å². The van der Waals surface area contributed by atoms with Crippen LogP contribution < -0.4 is 0 Å². The zero-order valence-electron chi connectivity index (χ0n) is 45.9. The predicted molar refractivity (Wildman–Crippen MR) is 303 cm³/mol. The van der Waals surface area contributed by atoms with E-state index in [0.29, 0.717) is 16.2 Å². The van der Waals surface area contributed by atoms with E-state index in [-0.39, 0.29) is 7.43 Å². The quantitative estimate of drug-likeness (QED) is 0.0426. The maximum atomic E-state index is 2.41. The Morgan fingerprint density at radius 3 is 0.688 bits per heavy atom. The lowest BCUT2D eigenvalue weighted by molar-refractivity contribution is 0.357. The molecule has 0 fully saturated rings. The van der Waals surface area contributed by atoms with Crippen molar-refractivity contribution >= 4 is 0 Å². The summed E-state index contributed by atoms with van der Waals surface area (Å²) in [6.45, 7) is 27.8. The summed E-state index contributed by atoms with van der Waals surface area (Å²) >= 11 is 0. The van der Waals surface area contributed by atoms with E-state index < -0.39 is 0 Å². The van der Waals surface area contributed by atoms with E-state index in [0.717, 1.165) is 25.7 Å². The van der Waals surface area contributed by atoms with Crippen LogP contribution in [0.25, 0.3) is 0 Å². The van der Waals surface area contributed by atoms with Crippen molar-refractivity contribution in [2.75, 3.05) is 0 Å². The second-order valence-electron chi connectivity index (χ2n) is 22.6. The first kappa shape index (κ1) is 69.0. The van der Waals surface area contributed by atoms with Crippen LogP contribution in [0.5, 0.6) is 0 Å². The molecule has 0 N–H and O–H groups in total. The van der Waals surface area contributed by atoms with Gasteiger partial charge in [-0.1, -0.05) is 285 Å². The first-order valence-electron chi connectivity index (χ1n) is 28.1. The molecule has 0 spiro atoms. The Bertz CT molecular complexity index is 1020. The minimum absolute atomic E-state index is 0. The zero-order chi connectivity index (χ0) is 47.4. The Hall–Kier alpha value is -1.56. The lowest BCUT2D eigenvalue weighted by Crippen LogP contribution is -2.03. The molecule has 0 unspecified atom stereocenters. The third-order valence-electron chi connectivity index (χ3n) is 11.6. The highest BCUT2D eigenvalue weighted by Gasteiger charge is 2.10. The molecule has 0 amide bonds. The molecule has 0 aromatic rings. The van der Waals surface area contributed by atoms with Gasteiger partial charge in [0.2, 0.25) is 0 Å². The van der Waals surface area contributed by atoms with Crippen LogP contribution in [0.15, 0.2) is 72.9 Å². The van der Waals surface area contributed by atoms with Gasteiger partial charge in [-0.05, 0) is 125 Å². The van der Waals surface area contributed by atoms with Crippen LogP contribution in [0.1, 0.15) is 322 Å².